The highest BCUT2D eigenvalue weighted by Gasteiger charge is 2.38. The maximum atomic E-state index is 13.0. The maximum Gasteiger partial charge on any atom is 0.228 e. The summed E-state index contributed by atoms with van der Waals surface area (Å²) in [5, 5.41) is 3.02. The zero-order chi connectivity index (χ0) is 21.6. The number of hydrogen-bond donors (Lipinski definition) is 1. The number of rotatable bonds is 7. The van der Waals surface area contributed by atoms with E-state index >= 15 is 0 Å². The molecule has 31 heavy (non-hydrogen) atoms. The zero-order valence-corrected chi connectivity index (χ0v) is 17.7. The van der Waals surface area contributed by atoms with Gasteiger partial charge in [0.15, 0.2) is 0 Å². The second-order valence-corrected chi connectivity index (χ2v) is 8.29. The number of piperidine rings is 1. The lowest BCUT2D eigenvalue weighted by Gasteiger charge is -2.33. The van der Waals surface area contributed by atoms with Crippen LogP contribution >= 0.6 is 0 Å². The van der Waals surface area contributed by atoms with E-state index in [1.54, 1.807) is 17.4 Å². The van der Waals surface area contributed by atoms with E-state index in [4.69, 9.17) is 0 Å². The van der Waals surface area contributed by atoms with Gasteiger partial charge >= 0.3 is 0 Å². The topological polar surface area (TPSA) is 87.5 Å². The number of carbonyl (C=O) groups is 3. The summed E-state index contributed by atoms with van der Waals surface area (Å²) in [6.07, 6.45) is 7.87. The van der Waals surface area contributed by atoms with Crippen molar-refractivity contribution in [1.29, 1.82) is 0 Å². The molecule has 1 unspecified atom stereocenters. The van der Waals surface area contributed by atoms with Crippen LogP contribution in [-0.2, 0) is 20.9 Å². The molecule has 8 heteroatoms. The number of anilines is 1. The molecule has 2 aromatic rings. The number of para-hydroxylation sites is 1. The fraction of sp³-hybridized carbons (Fsp3) is 0.478. The molecule has 1 N–H and O–H groups in total. The van der Waals surface area contributed by atoms with Crippen LogP contribution < -0.4 is 10.2 Å². The minimum Gasteiger partial charge on any atom is -0.356 e. The SMILES string of the molecule is O=C(NCCCn1ccnc1)C1CCN(C(=O)C2CC(=O)N(c3ccccc3)C2)CC1. The number of aryl methyl sites for hydroxylation is 1. The third kappa shape index (κ3) is 5.13. The average Bonchev–Trinajstić information content (AvgIpc) is 3.46. The Kier molecular flexibility index (Phi) is 6.64. The van der Waals surface area contributed by atoms with E-state index in [9.17, 15) is 14.4 Å². The molecule has 0 saturated carbocycles. The third-order valence-electron chi connectivity index (χ3n) is 6.17. The third-order valence-corrected chi connectivity index (χ3v) is 6.17. The lowest BCUT2D eigenvalue weighted by Crippen LogP contribution is -2.45. The Morgan fingerprint density at radius 1 is 1.10 bits per heavy atom. The summed E-state index contributed by atoms with van der Waals surface area (Å²) < 4.78 is 1.99. The highest BCUT2D eigenvalue weighted by Crippen LogP contribution is 2.27. The molecule has 0 bridgehead atoms. The van der Waals surface area contributed by atoms with Gasteiger partial charge in [-0.3, -0.25) is 14.4 Å². The zero-order valence-electron chi connectivity index (χ0n) is 17.7. The van der Waals surface area contributed by atoms with Crippen LogP contribution in [0.2, 0.25) is 0 Å². The van der Waals surface area contributed by atoms with Gasteiger partial charge < -0.3 is 19.7 Å². The predicted octanol–water partition coefficient (Wildman–Crippen LogP) is 1.68. The highest BCUT2D eigenvalue weighted by atomic mass is 16.2. The van der Waals surface area contributed by atoms with E-state index < -0.39 is 0 Å². The van der Waals surface area contributed by atoms with Crippen molar-refractivity contribution in [3.8, 4) is 0 Å². The lowest BCUT2D eigenvalue weighted by atomic mass is 9.94. The molecule has 1 aromatic carbocycles. The number of benzene rings is 1. The van der Waals surface area contributed by atoms with Crippen molar-refractivity contribution in [2.45, 2.75) is 32.2 Å². The van der Waals surface area contributed by atoms with E-state index in [0.29, 0.717) is 39.0 Å². The number of amides is 3. The molecule has 1 atom stereocenters. The second kappa shape index (κ2) is 9.76. The summed E-state index contributed by atoms with van der Waals surface area (Å²) in [5.74, 6) is -0.255. The Balaban J connectivity index is 1.20. The molecule has 3 heterocycles. The van der Waals surface area contributed by atoms with E-state index in [1.165, 1.54) is 0 Å². The molecule has 0 radical (unpaired) electrons. The van der Waals surface area contributed by atoms with Crippen LogP contribution in [0, 0.1) is 11.8 Å². The molecule has 2 fully saturated rings. The predicted molar refractivity (Wildman–Crippen MR) is 116 cm³/mol. The molecule has 2 saturated heterocycles. The Labute approximate surface area is 182 Å². The van der Waals surface area contributed by atoms with Crippen LogP contribution in [0.5, 0.6) is 0 Å². The molecule has 2 aliphatic heterocycles. The van der Waals surface area contributed by atoms with Crippen molar-refractivity contribution in [2.75, 3.05) is 31.1 Å². The molecule has 164 valence electrons. The van der Waals surface area contributed by atoms with Gasteiger partial charge in [-0.1, -0.05) is 18.2 Å². The first kappa shape index (κ1) is 21.1. The Hall–Kier alpha value is -3.16. The van der Waals surface area contributed by atoms with Crippen LogP contribution in [0.3, 0.4) is 0 Å². The number of likely N-dealkylation sites (tertiary alicyclic amines) is 1. The second-order valence-electron chi connectivity index (χ2n) is 8.29. The quantitative estimate of drug-likeness (QED) is 0.687. The molecule has 8 nitrogen and oxygen atoms in total. The van der Waals surface area contributed by atoms with E-state index in [0.717, 1.165) is 18.7 Å². The minimum absolute atomic E-state index is 0.00509. The lowest BCUT2D eigenvalue weighted by molar-refractivity contribution is -0.139. The Morgan fingerprint density at radius 3 is 2.58 bits per heavy atom. The molecule has 3 amide bonds. The molecular weight excluding hydrogens is 394 g/mol. The average molecular weight is 424 g/mol. The number of carbonyl (C=O) groups excluding carboxylic acids is 3. The van der Waals surface area contributed by atoms with Crippen LogP contribution in [0.1, 0.15) is 25.7 Å². The number of nitrogens with one attached hydrogen (secondary N) is 1. The largest absolute Gasteiger partial charge is 0.356 e. The van der Waals surface area contributed by atoms with Crippen LogP contribution in [0.25, 0.3) is 0 Å². The highest BCUT2D eigenvalue weighted by molar-refractivity contribution is 6.00. The fourth-order valence-electron chi connectivity index (χ4n) is 4.39. The Bertz CT molecular complexity index is 891. The summed E-state index contributed by atoms with van der Waals surface area (Å²) in [4.78, 5) is 45.4. The van der Waals surface area contributed by atoms with Crippen molar-refractivity contribution in [3.05, 3.63) is 49.1 Å². The first-order valence-corrected chi connectivity index (χ1v) is 11.0. The monoisotopic (exact) mass is 423 g/mol. The van der Waals surface area contributed by atoms with Gasteiger partial charge in [0.25, 0.3) is 0 Å². The number of hydrogen-bond acceptors (Lipinski definition) is 4. The van der Waals surface area contributed by atoms with Crippen molar-refractivity contribution in [2.24, 2.45) is 11.8 Å². The van der Waals surface area contributed by atoms with Gasteiger partial charge in [0.1, 0.15) is 0 Å². The first-order valence-electron chi connectivity index (χ1n) is 11.0. The summed E-state index contributed by atoms with van der Waals surface area (Å²) in [7, 11) is 0. The summed E-state index contributed by atoms with van der Waals surface area (Å²) in [5.41, 5.74) is 0.839. The minimum atomic E-state index is -0.304. The van der Waals surface area contributed by atoms with E-state index in [2.05, 4.69) is 10.3 Å². The molecular formula is C23H29N5O3. The van der Waals surface area contributed by atoms with Crippen molar-refractivity contribution in [1.82, 2.24) is 19.8 Å². The molecule has 2 aliphatic rings. The van der Waals surface area contributed by atoms with Crippen molar-refractivity contribution in [3.63, 3.8) is 0 Å². The van der Waals surface area contributed by atoms with Gasteiger partial charge in [0, 0.05) is 63.1 Å². The van der Waals surface area contributed by atoms with Crippen LogP contribution in [0.4, 0.5) is 5.69 Å². The standard InChI is InChI=1S/C23H29N5O3/c29-21-15-19(16-28(21)20-5-2-1-3-6-20)23(31)27-12-7-18(8-13-27)22(30)25-9-4-11-26-14-10-24-17-26/h1-3,5-6,10,14,17-19H,4,7-9,11-13,15-16H2,(H,25,30). The summed E-state index contributed by atoms with van der Waals surface area (Å²) >= 11 is 0. The summed E-state index contributed by atoms with van der Waals surface area (Å²) in [6.45, 7) is 3.03. The number of nitrogens with zero attached hydrogens (tertiary/aromatic N) is 4. The molecule has 1 aromatic heterocycles. The fourth-order valence-corrected chi connectivity index (χ4v) is 4.39. The van der Waals surface area contributed by atoms with Gasteiger partial charge in [0.2, 0.25) is 17.7 Å². The molecule has 0 spiro atoms. The van der Waals surface area contributed by atoms with Gasteiger partial charge in [-0.15, -0.1) is 0 Å². The van der Waals surface area contributed by atoms with Crippen molar-refractivity contribution >= 4 is 23.4 Å². The molecule has 0 aliphatic carbocycles. The first-order chi connectivity index (χ1) is 15.1. The smallest absolute Gasteiger partial charge is 0.228 e. The van der Waals surface area contributed by atoms with Crippen LogP contribution in [0.15, 0.2) is 49.1 Å². The van der Waals surface area contributed by atoms with Gasteiger partial charge in [-0.25, -0.2) is 4.98 Å². The van der Waals surface area contributed by atoms with Crippen molar-refractivity contribution < 1.29 is 14.4 Å². The van der Waals surface area contributed by atoms with Crippen LogP contribution in [-0.4, -0.2) is 58.4 Å². The van der Waals surface area contributed by atoms with Gasteiger partial charge in [-0.05, 0) is 31.4 Å². The van der Waals surface area contributed by atoms with E-state index in [-0.39, 0.29) is 36.0 Å². The maximum absolute atomic E-state index is 13.0. The Morgan fingerprint density at radius 2 is 1.87 bits per heavy atom. The van der Waals surface area contributed by atoms with E-state index in [1.807, 2.05) is 46.0 Å². The summed E-state index contributed by atoms with van der Waals surface area (Å²) in [6, 6.07) is 9.48. The number of aromatic nitrogens is 2. The van der Waals surface area contributed by atoms with Gasteiger partial charge in [-0.2, -0.15) is 0 Å². The normalized spacial score (nSPS) is 19.6. The van der Waals surface area contributed by atoms with Gasteiger partial charge in [0.05, 0.1) is 12.2 Å². The molecule has 4 rings (SSSR count). The number of imidazole rings is 1.